The van der Waals surface area contributed by atoms with Gasteiger partial charge in [0.1, 0.15) is 11.8 Å². The molecule has 1 aliphatic heterocycles. The van der Waals surface area contributed by atoms with Crippen LogP contribution in [0, 0.1) is 6.92 Å². The molecular weight excluding hydrogens is 496 g/mol. The summed E-state index contributed by atoms with van der Waals surface area (Å²) < 4.78 is 24.5. The lowest BCUT2D eigenvalue weighted by Gasteiger charge is -2.35. The number of benzene rings is 3. The van der Waals surface area contributed by atoms with Gasteiger partial charge in [0.15, 0.2) is 9.84 Å². The van der Waals surface area contributed by atoms with E-state index in [9.17, 15) is 18.6 Å². The fourth-order valence-corrected chi connectivity index (χ4v) is 6.03. The van der Waals surface area contributed by atoms with E-state index in [-0.39, 0.29) is 17.7 Å². The first-order valence-electron chi connectivity index (χ1n) is 11.6. The van der Waals surface area contributed by atoms with Crippen molar-refractivity contribution in [3.63, 3.8) is 0 Å². The van der Waals surface area contributed by atoms with Crippen molar-refractivity contribution in [2.24, 2.45) is 0 Å². The first-order valence-corrected chi connectivity index (χ1v) is 13.8. The molecule has 3 aromatic carbocycles. The van der Waals surface area contributed by atoms with E-state index in [1.54, 1.807) is 32.0 Å². The highest BCUT2D eigenvalue weighted by Crippen LogP contribution is 2.44. The van der Waals surface area contributed by atoms with Crippen LogP contribution in [0.15, 0.2) is 77.5 Å². The largest absolute Gasteiger partial charge is 0.392 e. The van der Waals surface area contributed by atoms with Gasteiger partial charge in [-0.2, -0.15) is 0 Å². The molecule has 1 unspecified atom stereocenters. The molecule has 0 amide bonds. The van der Waals surface area contributed by atoms with E-state index in [1.807, 2.05) is 67.5 Å². The van der Waals surface area contributed by atoms with Crippen LogP contribution < -0.4 is 4.90 Å². The SMILES string of the molecule is Cc1cccc(Cl)c1C1N(C)C(C(C)(C)O)=CN1c1ccc(-c2ccc(CO)c(S(C)(=O)=O)c2)cc1. The van der Waals surface area contributed by atoms with E-state index in [2.05, 4.69) is 4.90 Å². The monoisotopic (exact) mass is 526 g/mol. The molecule has 190 valence electrons. The Hall–Kier alpha value is -2.84. The first-order chi connectivity index (χ1) is 16.8. The quantitative estimate of drug-likeness (QED) is 0.455. The van der Waals surface area contributed by atoms with Gasteiger partial charge in [0.2, 0.25) is 0 Å². The molecule has 8 heteroatoms. The van der Waals surface area contributed by atoms with Gasteiger partial charge in [0, 0.05) is 35.8 Å². The third-order valence-corrected chi connectivity index (χ3v) is 8.07. The highest BCUT2D eigenvalue weighted by molar-refractivity contribution is 7.90. The highest BCUT2D eigenvalue weighted by atomic mass is 35.5. The van der Waals surface area contributed by atoms with Crippen molar-refractivity contribution in [2.45, 2.75) is 44.0 Å². The summed E-state index contributed by atoms with van der Waals surface area (Å²) in [6.07, 6.45) is 2.83. The van der Waals surface area contributed by atoms with Gasteiger partial charge in [-0.3, -0.25) is 0 Å². The Morgan fingerprint density at radius 1 is 1.03 bits per heavy atom. The van der Waals surface area contributed by atoms with E-state index < -0.39 is 15.4 Å². The van der Waals surface area contributed by atoms with E-state index in [4.69, 9.17) is 11.6 Å². The number of hydrogen-bond donors (Lipinski definition) is 2. The molecule has 1 aliphatic rings. The minimum Gasteiger partial charge on any atom is -0.392 e. The maximum atomic E-state index is 12.2. The van der Waals surface area contributed by atoms with Crippen LogP contribution in [0.25, 0.3) is 11.1 Å². The molecular formula is C28H31ClN2O4S. The number of sulfone groups is 1. The lowest BCUT2D eigenvalue weighted by molar-refractivity contribution is 0.0851. The Labute approximate surface area is 218 Å². The highest BCUT2D eigenvalue weighted by Gasteiger charge is 2.39. The third kappa shape index (κ3) is 4.89. The average molecular weight is 527 g/mol. The van der Waals surface area contributed by atoms with Crippen molar-refractivity contribution in [3.05, 3.63) is 94.3 Å². The van der Waals surface area contributed by atoms with E-state index >= 15 is 0 Å². The second-order valence-electron chi connectivity index (χ2n) is 9.74. The Bertz CT molecular complexity index is 1410. The van der Waals surface area contributed by atoms with Gasteiger partial charge in [-0.15, -0.1) is 0 Å². The predicted octanol–water partition coefficient (Wildman–Crippen LogP) is 5.27. The minimum atomic E-state index is -3.49. The zero-order valence-electron chi connectivity index (χ0n) is 21.0. The van der Waals surface area contributed by atoms with Gasteiger partial charge in [-0.25, -0.2) is 8.42 Å². The van der Waals surface area contributed by atoms with Crippen molar-refractivity contribution in [1.29, 1.82) is 0 Å². The number of nitrogens with zero attached hydrogens (tertiary/aromatic N) is 2. The topological polar surface area (TPSA) is 81.1 Å². The minimum absolute atomic E-state index is 0.125. The average Bonchev–Trinajstić information content (AvgIpc) is 3.15. The molecule has 0 saturated carbocycles. The van der Waals surface area contributed by atoms with Crippen LogP contribution >= 0.6 is 11.6 Å². The maximum absolute atomic E-state index is 12.2. The summed E-state index contributed by atoms with van der Waals surface area (Å²) in [5.41, 5.74) is 4.55. The van der Waals surface area contributed by atoms with E-state index in [0.29, 0.717) is 10.6 Å². The number of aryl methyl sites for hydroxylation is 1. The summed E-state index contributed by atoms with van der Waals surface area (Å²) in [5.74, 6) is 0. The number of aliphatic hydroxyl groups excluding tert-OH is 1. The van der Waals surface area contributed by atoms with Crippen LogP contribution in [0.5, 0.6) is 0 Å². The Kier molecular flexibility index (Phi) is 6.96. The standard InChI is InChI=1S/C28H31ClN2O4S/c1-18-7-6-8-23(29)26(18)27-30(4)25(28(2,3)33)16-31(27)22-13-11-19(12-14-22)20-9-10-21(17-32)24(15-20)36(5,34)35/h6-16,27,32-33H,17H2,1-5H3. The molecule has 4 rings (SSSR count). The third-order valence-electron chi connectivity index (χ3n) is 6.56. The molecule has 0 saturated heterocycles. The summed E-state index contributed by atoms with van der Waals surface area (Å²) in [4.78, 5) is 4.25. The smallest absolute Gasteiger partial charge is 0.175 e. The molecule has 0 fully saturated rings. The van der Waals surface area contributed by atoms with Crippen molar-refractivity contribution >= 4 is 27.1 Å². The van der Waals surface area contributed by atoms with Crippen molar-refractivity contribution < 1.29 is 18.6 Å². The summed E-state index contributed by atoms with van der Waals surface area (Å²) in [5, 5.41) is 21.0. The van der Waals surface area contributed by atoms with Gasteiger partial charge in [0.05, 0.1) is 17.2 Å². The zero-order valence-corrected chi connectivity index (χ0v) is 22.6. The van der Waals surface area contributed by atoms with Crippen molar-refractivity contribution in [1.82, 2.24) is 4.90 Å². The summed E-state index contributed by atoms with van der Waals surface area (Å²) >= 11 is 6.67. The normalized spacial score (nSPS) is 16.4. The molecule has 0 radical (unpaired) electrons. The van der Waals surface area contributed by atoms with Gasteiger partial charge >= 0.3 is 0 Å². The second kappa shape index (κ2) is 9.56. The fraction of sp³-hybridized carbons (Fsp3) is 0.286. The predicted molar refractivity (Wildman–Crippen MR) is 144 cm³/mol. The molecule has 1 atom stereocenters. The van der Waals surface area contributed by atoms with Gasteiger partial charge in [-0.1, -0.05) is 48.0 Å². The number of aliphatic hydroxyl groups is 2. The molecule has 3 aromatic rings. The Morgan fingerprint density at radius 3 is 2.22 bits per heavy atom. The molecule has 0 bridgehead atoms. The van der Waals surface area contributed by atoms with Crippen molar-refractivity contribution in [3.8, 4) is 11.1 Å². The number of rotatable bonds is 6. The van der Waals surface area contributed by atoms with Crippen LogP contribution in [0.4, 0.5) is 5.69 Å². The first kappa shape index (κ1) is 26.2. The van der Waals surface area contributed by atoms with Crippen LogP contribution in [0.2, 0.25) is 5.02 Å². The summed E-state index contributed by atoms with van der Waals surface area (Å²) in [7, 11) is -1.54. The molecule has 0 aliphatic carbocycles. The lowest BCUT2D eigenvalue weighted by Crippen LogP contribution is -2.35. The second-order valence-corrected chi connectivity index (χ2v) is 12.1. The maximum Gasteiger partial charge on any atom is 0.175 e. The number of anilines is 1. The zero-order chi connectivity index (χ0) is 26.4. The fourth-order valence-electron chi connectivity index (χ4n) is 4.76. The van der Waals surface area contributed by atoms with Crippen LogP contribution in [0.3, 0.4) is 0 Å². The lowest BCUT2D eigenvalue weighted by atomic mass is 10.0. The van der Waals surface area contributed by atoms with Gasteiger partial charge < -0.3 is 20.0 Å². The molecule has 36 heavy (non-hydrogen) atoms. The molecule has 6 nitrogen and oxygen atoms in total. The Balaban J connectivity index is 1.78. The van der Waals surface area contributed by atoms with E-state index in [0.717, 1.165) is 39.9 Å². The number of halogens is 1. The van der Waals surface area contributed by atoms with Gasteiger partial charge in [-0.05, 0) is 67.3 Å². The molecule has 2 N–H and O–H groups in total. The van der Waals surface area contributed by atoms with Crippen LogP contribution in [-0.2, 0) is 16.4 Å². The Morgan fingerprint density at radius 2 is 1.67 bits per heavy atom. The van der Waals surface area contributed by atoms with Crippen LogP contribution in [0.1, 0.15) is 36.7 Å². The molecule has 1 heterocycles. The van der Waals surface area contributed by atoms with E-state index in [1.165, 1.54) is 0 Å². The molecule has 0 spiro atoms. The molecule has 0 aromatic heterocycles. The number of likely N-dealkylation sites (N-methyl/N-ethyl adjacent to an activating group) is 1. The summed E-state index contributed by atoms with van der Waals surface area (Å²) in [6.45, 7) is 5.19. The van der Waals surface area contributed by atoms with Crippen LogP contribution in [-0.4, -0.2) is 42.4 Å². The van der Waals surface area contributed by atoms with Gasteiger partial charge in [0.25, 0.3) is 0 Å². The summed E-state index contributed by atoms with van der Waals surface area (Å²) in [6, 6.07) is 18.7. The number of hydrogen-bond acceptors (Lipinski definition) is 6. The van der Waals surface area contributed by atoms with Crippen molar-refractivity contribution in [2.75, 3.05) is 18.2 Å².